The first-order valence-electron chi connectivity index (χ1n) is 7.98. The van der Waals surface area contributed by atoms with Crippen LogP contribution in [0, 0.1) is 5.92 Å². The smallest absolute Gasteiger partial charge is 0.110 e. The Labute approximate surface area is 123 Å². The van der Waals surface area contributed by atoms with Crippen LogP contribution in [-0.2, 0) is 17.7 Å². The number of hydrogen-bond donors (Lipinski definition) is 1. The number of hydrogen-bond acceptors (Lipinski definition) is 3. The molecular formula is C16H31N3O. The zero-order chi connectivity index (χ0) is 15.0. The Balaban J connectivity index is 2.81. The molecule has 1 rings (SSSR count). The van der Waals surface area contributed by atoms with Gasteiger partial charge in [-0.15, -0.1) is 0 Å². The van der Waals surface area contributed by atoms with Gasteiger partial charge in [-0.05, 0) is 32.7 Å². The van der Waals surface area contributed by atoms with Gasteiger partial charge in [-0.25, -0.2) is 4.98 Å². The largest absolute Gasteiger partial charge is 0.377 e. The van der Waals surface area contributed by atoms with Gasteiger partial charge in [-0.3, -0.25) is 0 Å². The molecule has 1 heterocycles. The van der Waals surface area contributed by atoms with E-state index in [4.69, 9.17) is 4.74 Å². The van der Waals surface area contributed by atoms with Gasteiger partial charge in [0.05, 0.1) is 6.10 Å². The summed E-state index contributed by atoms with van der Waals surface area (Å²) < 4.78 is 8.20. The molecule has 2 atom stereocenters. The highest BCUT2D eigenvalue weighted by Gasteiger charge is 2.26. The van der Waals surface area contributed by atoms with Gasteiger partial charge in [0.15, 0.2) is 0 Å². The van der Waals surface area contributed by atoms with Crippen LogP contribution in [0.2, 0.25) is 0 Å². The fourth-order valence-electron chi connectivity index (χ4n) is 2.61. The van der Waals surface area contributed by atoms with Crippen molar-refractivity contribution in [2.45, 2.75) is 66.2 Å². The van der Waals surface area contributed by atoms with E-state index in [2.05, 4.69) is 55.7 Å². The summed E-state index contributed by atoms with van der Waals surface area (Å²) in [6.45, 7) is 13.6. The van der Waals surface area contributed by atoms with Crippen LogP contribution >= 0.6 is 0 Å². The van der Waals surface area contributed by atoms with Crippen molar-refractivity contribution in [1.29, 1.82) is 0 Å². The Morgan fingerprint density at radius 1 is 1.30 bits per heavy atom. The molecule has 0 amide bonds. The summed E-state index contributed by atoms with van der Waals surface area (Å²) in [5, 5.41) is 3.65. The van der Waals surface area contributed by atoms with Crippen LogP contribution in [0.25, 0.3) is 0 Å². The second-order valence-corrected chi connectivity index (χ2v) is 5.56. The molecule has 2 unspecified atom stereocenters. The van der Waals surface area contributed by atoms with E-state index in [-0.39, 0.29) is 6.10 Å². The van der Waals surface area contributed by atoms with E-state index >= 15 is 0 Å². The van der Waals surface area contributed by atoms with Gasteiger partial charge in [0.2, 0.25) is 0 Å². The molecule has 0 saturated carbocycles. The quantitative estimate of drug-likeness (QED) is 0.717. The average Bonchev–Trinajstić information content (AvgIpc) is 2.87. The van der Waals surface area contributed by atoms with Crippen molar-refractivity contribution in [2.24, 2.45) is 5.92 Å². The summed E-state index contributed by atoms with van der Waals surface area (Å²) in [6.07, 6.45) is 6.23. The first-order chi connectivity index (χ1) is 9.63. The predicted octanol–water partition coefficient (Wildman–Crippen LogP) is 2.87. The van der Waals surface area contributed by atoms with Crippen LogP contribution in [-0.4, -0.2) is 34.8 Å². The van der Waals surface area contributed by atoms with E-state index in [9.17, 15) is 0 Å². The molecule has 0 radical (unpaired) electrons. The molecule has 20 heavy (non-hydrogen) atoms. The summed E-state index contributed by atoms with van der Waals surface area (Å²) in [7, 11) is 0. The predicted molar refractivity (Wildman–Crippen MR) is 83.9 cm³/mol. The normalized spacial score (nSPS) is 14.7. The molecule has 4 heteroatoms. The van der Waals surface area contributed by atoms with Crippen LogP contribution in [0.3, 0.4) is 0 Å². The van der Waals surface area contributed by atoms with Crippen LogP contribution in [0.4, 0.5) is 0 Å². The molecule has 0 aromatic carbocycles. The molecule has 0 bridgehead atoms. The van der Waals surface area contributed by atoms with Gasteiger partial charge in [0, 0.05) is 38.0 Å². The van der Waals surface area contributed by atoms with E-state index in [1.54, 1.807) is 0 Å². The Kier molecular flexibility index (Phi) is 7.85. The van der Waals surface area contributed by atoms with Crippen LogP contribution in [0.5, 0.6) is 0 Å². The summed E-state index contributed by atoms with van der Waals surface area (Å²) in [4.78, 5) is 4.50. The van der Waals surface area contributed by atoms with Crippen molar-refractivity contribution in [3.8, 4) is 0 Å². The van der Waals surface area contributed by atoms with Crippen molar-refractivity contribution < 1.29 is 4.74 Å². The van der Waals surface area contributed by atoms with Crippen molar-refractivity contribution in [3.05, 3.63) is 18.2 Å². The summed E-state index contributed by atoms with van der Waals surface area (Å²) in [5.41, 5.74) is 0. The maximum Gasteiger partial charge on any atom is 0.110 e. The number of ether oxygens (including phenoxy) is 1. The van der Waals surface area contributed by atoms with E-state index < -0.39 is 0 Å². The zero-order valence-corrected chi connectivity index (χ0v) is 13.7. The van der Waals surface area contributed by atoms with Crippen LogP contribution < -0.4 is 5.32 Å². The van der Waals surface area contributed by atoms with Crippen molar-refractivity contribution in [1.82, 2.24) is 14.9 Å². The number of aromatic nitrogens is 2. The number of rotatable bonds is 10. The molecule has 116 valence electrons. The molecule has 0 aliphatic heterocycles. The fourth-order valence-corrected chi connectivity index (χ4v) is 2.61. The Morgan fingerprint density at radius 3 is 2.60 bits per heavy atom. The minimum Gasteiger partial charge on any atom is -0.377 e. The summed E-state index contributed by atoms with van der Waals surface area (Å²) in [5.74, 6) is 1.64. The van der Waals surface area contributed by atoms with E-state index in [1.165, 1.54) is 0 Å². The monoisotopic (exact) mass is 281 g/mol. The molecule has 4 nitrogen and oxygen atoms in total. The van der Waals surface area contributed by atoms with E-state index in [0.717, 1.165) is 38.4 Å². The van der Waals surface area contributed by atoms with Gasteiger partial charge < -0.3 is 14.6 Å². The van der Waals surface area contributed by atoms with Crippen LogP contribution in [0.15, 0.2) is 12.4 Å². The lowest BCUT2D eigenvalue weighted by Gasteiger charge is -2.31. The molecule has 1 N–H and O–H groups in total. The van der Waals surface area contributed by atoms with Gasteiger partial charge in [0.1, 0.15) is 5.82 Å². The average molecular weight is 281 g/mol. The zero-order valence-electron chi connectivity index (χ0n) is 13.7. The van der Waals surface area contributed by atoms with Crippen molar-refractivity contribution >= 4 is 0 Å². The highest BCUT2D eigenvalue weighted by Crippen LogP contribution is 2.15. The molecule has 0 aliphatic rings. The third-order valence-corrected chi connectivity index (χ3v) is 3.61. The first kappa shape index (κ1) is 17.2. The number of aryl methyl sites for hydroxylation is 1. The maximum atomic E-state index is 5.99. The Bertz CT molecular complexity index is 362. The second-order valence-electron chi connectivity index (χ2n) is 5.56. The molecular weight excluding hydrogens is 250 g/mol. The fraction of sp³-hybridized carbons (Fsp3) is 0.812. The molecule has 0 saturated heterocycles. The lowest BCUT2D eigenvalue weighted by atomic mass is 9.96. The van der Waals surface area contributed by atoms with Crippen molar-refractivity contribution in [3.63, 3.8) is 0 Å². The molecule has 0 spiro atoms. The van der Waals surface area contributed by atoms with Crippen LogP contribution in [0.1, 0.15) is 46.9 Å². The minimum absolute atomic E-state index is 0.230. The second kappa shape index (κ2) is 9.14. The topological polar surface area (TPSA) is 39.1 Å². The number of imidazole rings is 1. The van der Waals surface area contributed by atoms with E-state index in [0.29, 0.717) is 12.0 Å². The SMILES string of the molecule is CCCNC(Cc1nccn1CC)C(OCC)C(C)C. The summed E-state index contributed by atoms with van der Waals surface area (Å²) >= 11 is 0. The lowest BCUT2D eigenvalue weighted by molar-refractivity contribution is 0.00301. The standard InChI is InChI=1S/C16H31N3O/c1-6-9-17-14(16(13(4)5)20-8-3)12-15-18-10-11-19(15)7-2/h10-11,13-14,16-17H,6-9,12H2,1-5H3. The van der Waals surface area contributed by atoms with E-state index in [1.807, 2.05) is 6.20 Å². The first-order valence-corrected chi connectivity index (χ1v) is 7.98. The highest BCUT2D eigenvalue weighted by molar-refractivity contribution is 4.98. The van der Waals surface area contributed by atoms with Gasteiger partial charge in [-0.1, -0.05) is 20.8 Å². The molecule has 1 aromatic heterocycles. The maximum absolute atomic E-state index is 5.99. The Hall–Kier alpha value is -0.870. The molecule has 0 fully saturated rings. The lowest BCUT2D eigenvalue weighted by Crippen LogP contribution is -2.46. The Morgan fingerprint density at radius 2 is 2.05 bits per heavy atom. The van der Waals surface area contributed by atoms with Gasteiger partial charge in [0.25, 0.3) is 0 Å². The number of nitrogens with one attached hydrogen (secondary N) is 1. The third kappa shape index (κ3) is 4.91. The minimum atomic E-state index is 0.230. The van der Waals surface area contributed by atoms with Gasteiger partial charge in [-0.2, -0.15) is 0 Å². The van der Waals surface area contributed by atoms with Gasteiger partial charge >= 0.3 is 0 Å². The third-order valence-electron chi connectivity index (χ3n) is 3.61. The summed E-state index contributed by atoms with van der Waals surface area (Å²) in [6, 6.07) is 0.322. The molecule has 1 aromatic rings. The number of nitrogens with zero attached hydrogens (tertiary/aromatic N) is 2. The van der Waals surface area contributed by atoms with Crippen molar-refractivity contribution in [2.75, 3.05) is 13.2 Å². The molecule has 0 aliphatic carbocycles. The highest BCUT2D eigenvalue weighted by atomic mass is 16.5.